The lowest BCUT2D eigenvalue weighted by Crippen LogP contribution is -2.34. The number of carbonyl (C=O) groups excluding carboxylic acids is 1. The summed E-state index contributed by atoms with van der Waals surface area (Å²) in [6.07, 6.45) is -0.883. The second-order valence-electron chi connectivity index (χ2n) is 5.42. The van der Waals surface area contributed by atoms with Crippen molar-refractivity contribution in [1.29, 1.82) is 0 Å². The molecule has 2 N–H and O–H groups in total. The number of nitrogens with one attached hydrogen (secondary N) is 1. The monoisotopic (exact) mass is 375 g/mol. The maximum Gasteiger partial charge on any atom is 0.408 e. The molecular weight excluding hydrogens is 354 g/mol. The Labute approximate surface area is 156 Å². The molecule has 0 radical (unpaired) electrons. The van der Waals surface area contributed by atoms with Crippen LogP contribution in [0.15, 0.2) is 42.5 Å². The van der Waals surface area contributed by atoms with Gasteiger partial charge < -0.3 is 29.4 Å². The summed E-state index contributed by atoms with van der Waals surface area (Å²) in [5, 5.41) is 11.9. The van der Waals surface area contributed by atoms with Crippen LogP contribution in [0.25, 0.3) is 0 Å². The molecule has 0 heterocycles. The molecule has 0 unspecified atom stereocenters. The topological polar surface area (TPSA) is 103 Å². The SMILES string of the molecule is COc1cc(OC)c([C@H](NC(=O)OCc2ccccc2)C(=O)O)c(OC)c1. The van der Waals surface area contributed by atoms with Crippen molar-refractivity contribution in [3.05, 3.63) is 53.6 Å². The number of ether oxygens (including phenoxy) is 4. The van der Waals surface area contributed by atoms with Crippen LogP contribution in [0.4, 0.5) is 4.79 Å². The first kappa shape index (κ1) is 19.9. The van der Waals surface area contributed by atoms with E-state index in [4.69, 9.17) is 18.9 Å². The quantitative estimate of drug-likeness (QED) is 0.731. The third-order valence-corrected chi connectivity index (χ3v) is 3.76. The zero-order chi connectivity index (χ0) is 19.8. The van der Waals surface area contributed by atoms with Gasteiger partial charge in [-0.05, 0) is 5.56 Å². The number of alkyl carbamates (subject to hydrolysis) is 1. The Balaban J connectivity index is 2.24. The van der Waals surface area contributed by atoms with Crippen molar-refractivity contribution in [2.45, 2.75) is 12.6 Å². The van der Waals surface area contributed by atoms with Crippen LogP contribution in [0, 0.1) is 0 Å². The molecule has 27 heavy (non-hydrogen) atoms. The Kier molecular flexibility index (Phi) is 6.87. The number of benzene rings is 2. The van der Waals surface area contributed by atoms with Gasteiger partial charge in [-0.25, -0.2) is 9.59 Å². The average Bonchev–Trinajstić information content (AvgIpc) is 2.70. The molecular formula is C19H21NO7. The van der Waals surface area contributed by atoms with Gasteiger partial charge in [0.15, 0.2) is 6.04 Å². The highest BCUT2D eigenvalue weighted by Gasteiger charge is 2.30. The van der Waals surface area contributed by atoms with E-state index in [0.29, 0.717) is 5.75 Å². The summed E-state index contributed by atoms with van der Waals surface area (Å²) in [5.74, 6) is -0.486. The van der Waals surface area contributed by atoms with Crippen LogP contribution in [0.2, 0.25) is 0 Å². The Morgan fingerprint density at radius 2 is 1.59 bits per heavy atom. The number of amides is 1. The minimum Gasteiger partial charge on any atom is -0.496 e. The van der Waals surface area contributed by atoms with Gasteiger partial charge in [-0.3, -0.25) is 0 Å². The predicted octanol–water partition coefficient (Wildman–Crippen LogP) is 2.76. The van der Waals surface area contributed by atoms with Crippen LogP contribution in [-0.4, -0.2) is 38.5 Å². The molecule has 2 aromatic rings. The zero-order valence-electron chi connectivity index (χ0n) is 15.2. The van der Waals surface area contributed by atoms with Crippen LogP contribution in [0.1, 0.15) is 17.2 Å². The average molecular weight is 375 g/mol. The number of rotatable bonds is 8. The lowest BCUT2D eigenvalue weighted by atomic mass is 10.0. The Hall–Kier alpha value is -3.42. The first-order chi connectivity index (χ1) is 13.0. The second kappa shape index (κ2) is 9.33. The predicted molar refractivity (Wildman–Crippen MR) is 96.2 cm³/mol. The van der Waals surface area contributed by atoms with Crippen LogP contribution in [-0.2, 0) is 16.1 Å². The van der Waals surface area contributed by atoms with E-state index in [9.17, 15) is 14.7 Å². The van der Waals surface area contributed by atoms with E-state index in [0.717, 1.165) is 5.56 Å². The lowest BCUT2D eigenvalue weighted by Gasteiger charge is -2.21. The van der Waals surface area contributed by atoms with Crippen LogP contribution in [0.3, 0.4) is 0 Å². The number of carboxylic acid groups (broad SMARTS) is 1. The van der Waals surface area contributed by atoms with Gasteiger partial charge in [0.2, 0.25) is 0 Å². The fourth-order valence-corrected chi connectivity index (χ4v) is 2.46. The van der Waals surface area contributed by atoms with Gasteiger partial charge in [-0.1, -0.05) is 30.3 Å². The molecule has 8 heteroatoms. The van der Waals surface area contributed by atoms with Gasteiger partial charge in [0.1, 0.15) is 23.9 Å². The van der Waals surface area contributed by atoms with Gasteiger partial charge in [0, 0.05) is 12.1 Å². The molecule has 0 aliphatic rings. The van der Waals surface area contributed by atoms with Crippen molar-refractivity contribution in [3.8, 4) is 17.2 Å². The number of carbonyl (C=O) groups is 2. The van der Waals surface area contributed by atoms with Crippen molar-refractivity contribution in [1.82, 2.24) is 5.32 Å². The number of hydrogen-bond acceptors (Lipinski definition) is 6. The highest BCUT2D eigenvalue weighted by molar-refractivity contribution is 5.83. The van der Waals surface area contributed by atoms with Crippen molar-refractivity contribution >= 4 is 12.1 Å². The summed E-state index contributed by atoms with van der Waals surface area (Å²) in [6.45, 7) is 0.00982. The fourth-order valence-electron chi connectivity index (χ4n) is 2.46. The molecule has 0 bridgehead atoms. The van der Waals surface area contributed by atoms with Crippen LogP contribution < -0.4 is 19.5 Å². The van der Waals surface area contributed by atoms with E-state index < -0.39 is 18.1 Å². The highest BCUT2D eigenvalue weighted by Crippen LogP contribution is 2.38. The third-order valence-electron chi connectivity index (χ3n) is 3.76. The lowest BCUT2D eigenvalue weighted by molar-refractivity contribution is -0.139. The van der Waals surface area contributed by atoms with Gasteiger partial charge in [0.25, 0.3) is 0 Å². The maximum atomic E-state index is 12.1. The highest BCUT2D eigenvalue weighted by atomic mass is 16.5. The smallest absolute Gasteiger partial charge is 0.408 e. The van der Waals surface area contributed by atoms with Gasteiger partial charge in [-0.15, -0.1) is 0 Å². The van der Waals surface area contributed by atoms with E-state index in [2.05, 4.69) is 5.32 Å². The molecule has 0 fully saturated rings. The normalized spacial score (nSPS) is 11.2. The molecule has 2 rings (SSSR count). The van der Waals surface area contributed by atoms with Gasteiger partial charge in [0.05, 0.1) is 26.9 Å². The molecule has 0 aliphatic heterocycles. The molecule has 0 saturated heterocycles. The molecule has 0 aromatic heterocycles. The first-order valence-corrected chi connectivity index (χ1v) is 8.00. The Morgan fingerprint density at radius 1 is 1.00 bits per heavy atom. The summed E-state index contributed by atoms with van der Waals surface area (Å²) in [4.78, 5) is 23.9. The Morgan fingerprint density at radius 3 is 2.07 bits per heavy atom. The number of hydrogen-bond donors (Lipinski definition) is 2. The summed E-state index contributed by atoms with van der Waals surface area (Å²) >= 11 is 0. The molecule has 0 spiro atoms. The molecule has 1 amide bonds. The standard InChI is InChI=1S/C19H21NO7/c1-24-13-9-14(25-2)16(15(10-13)26-3)17(18(21)22)20-19(23)27-11-12-7-5-4-6-8-12/h4-10,17H,11H2,1-3H3,(H,20,23)(H,21,22)/t17-/m0/s1. The summed E-state index contributed by atoms with van der Waals surface area (Å²) in [5.41, 5.74) is 0.920. The van der Waals surface area contributed by atoms with Crippen molar-refractivity contribution in [2.24, 2.45) is 0 Å². The van der Waals surface area contributed by atoms with E-state index in [1.165, 1.54) is 33.5 Å². The molecule has 0 aliphatic carbocycles. The van der Waals surface area contributed by atoms with Crippen molar-refractivity contribution < 1.29 is 33.6 Å². The van der Waals surface area contributed by atoms with E-state index in [1.807, 2.05) is 18.2 Å². The third kappa shape index (κ3) is 5.04. The van der Waals surface area contributed by atoms with Crippen molar-refractivity contribution in [3.63, 3.8) is 0 Å². The summed E-state index contributed by atoms with van der Waals surface area (Å²) < 4.78 is 20.8. The fraction of sp³-hybridized carbons (Fsp3) is 0.263. The van der Waals surface area contributed by atoms with E-state index >= 15 is 0 Å². The second-order valence-corrected chi connectivity index (χ2v) is 5.42. The van der Waals surface area contributed by atoms with Crippen LogP contribution in [0.5, 0.6) is 17.2 Å². The molecule has 8 nitrogen and oxygen atoms in total. The maximum absolute atomic E-state index is 12.1. The summed E-state index contributed by atoms with van der Waals surface area (Å²) in [6, 6.07) is 10.6. The van der Waals surface area contributed by atoms with Crippen molar-refractivity contribution in [2.75, 3.05) is 21.3 Å². The molecule has 2 aromatic carbocycles. The largest absolute Gasteiger partial charge is 0.496 e. The van der Waals surface area contributed by atoms with E-state index in [-0.39, 0.29) is 23.7 Å². The number of carboxylic acids is 1. The number of methoxy groups -OCH3 is 3. The molecule has 1 atom stereocenters. The minimum absolute atomic E-state index is 0.00982. The zero-order valence-corrected chi connectivity index (χ0v) is 15.2. The minimum atomic E-state index is -1.44. The van der Waals surface area contributed by atoms with Gasteiger partial charge >= 0.3 is 12.1 Å². The molecule has 0 saturated carbocycles. The molecule has 144 valence electrons. The Bertz CT molecular complexity index is 767. The number of aliphatic carboxylic acids is 1. The first-order valence-electron chi connectivity index (χ1n) is 8.00. The van der Waals surface area contributed by atoms with Crippen LogP contribution >= 0.6 is 0 Å². The van der Waals surface area contributed by atoms with Gasteiger partial charge in [-0.2, -0.15) is 0 Å². The van der Waals surface area contributed by atoms with E-state index in [1.54, 1.807) is 12.1 Å². The summed E-state index contributed by atoms with van der Waals surface area (Å²) in [7, 11) is 4.22.